The van der Waals surface area contributed by atoms with E-state index in [1.807, 2.05) is 82.3 Å². The molecule has 6 aromatic rings. The van der Waals surface area contributed by atoms with E-state index in [4.69, 9.17) is 45.3 Å². The summed E-state index contributed by atoms with van der Waals surface area (Å²) in [6, 6.07) is 16.5. The summed E-state index contributed by atoms with van der Waals surface area (Å²) in [5.41, 5.74) is 5.51. The number of halogens is 1. The average Bonchev–Trinajstić information content (AvgIpc) is 3.72. The smallest absolute Gasteiger partial charge is 0.345 e. The van der Waals surface area contributed by atoms with Crippen LogP contribution in [0.25, 0.3) is 38.0 Å². The molecule has 334 valence electrons. The number of aromatic nitrogens is 5. The molecule has 5 heterocycles. The minimum atomic E-state index is -1.35. The number of para-hydroxylation sites is 1. The van der Waals surface area contributed by atoms with E-state index in [9.17, 15) is 9.90 Å². The number of carboxylic acid groups (broad SMARTS) is 1. The van der Waals surface area contributed by atoms with Crippen molar-refractivity contribution in [2.24, 2.45) is 0 Å². The Morgan fingerprint density at radius 2 is 1.80 bits per heavy atom. The van der Waals surface area contributed by atoms with Crippen LogP contribution in [0.15, 0.2) is 91.1 Å². The maximum Gasteiger partial charge on any atom is 0.345 e. The van der Waals surface area contributed by atoms with E-state index in [2.05, 4.69) is 31.2 Å². The average molecular weight is 907 g/mol. The summed E-state index contributed by atoms with van der Waals surface area (Å²) in [6.45, 7) is 13.4. The second-order valence-electron chi connectivity index (χ2n) is 15.2. The van der Waals surface area contributed by atoms with Crippen molar-refractivity contribution < 1.29 is 33.6 Å². The van der Waals surface area contributed by atoms with Gasteiger partial charge in [-0.1, -0.05) is 48.0 Å². The maximum absolute atomic E-state index is 13.1. The molecule has 64 heavy (non-hydrogen) atoms. The number of rotatable bonds is 19. The number of pyridine rings is 2. The fourth-order valence-corrected chi connectivity index (χ4v) is 8.28. The Bertz CT molecular complexity index is 2650. The van der Waals surface area contributed by atoms with E-state index in [1.165, 1.54) is 11.5 Å². The summed E-state index contributed by atoms with van der Waals surface area (Å²) in [7, 11) is 3.74. The number of fused-ring (bicyclic) bond motifs is 1. The molecular weight excluding hydrogens is 854 g/mol. The topological polar surface area (TPSA) is 154 Å². The first-order valence-corrected chi connectivity index (χ1v) is 22.2. The molecule has 4 aromatic heterocycles. The standard InChI is InChI=1S/C48H52ClN7O7S/c1-7-11-36(31(4)59-6)46-51-19-17-34(53-46)29-62-37-13-10-9-12-32(37)26-39(48(57)58)63-47-43-40(64-54-47)28-52-45(33-16-18-50-41(27-33)60-8-2)42(43)35-14-15-38(44(49)30(35)3)61-25-24-56-22-20-55(5)21-23-56/h7,9-19,27-28,39H,8,20-26,29H2,1-6H3,(H,57,58)/b11-7-,36-31-/t39-/m1/s1. The molecule has 1 N–H and O–H groups in total. The van der Waals surface area contributed by atoms with Gasteiger partial charge in [-0.25, -0.2) is 19.7 Å². The molecule has 0 spiro atoms. The van der Waals surface area contributed by atoms with E-state index in [0.717, 1.165) is 55.0 Å². The molecule has 0 bridgehead atoms. The first-order valence-electron chi connectivity index (χ1n) is 21.1. The van der Waals surface area contributed by atoms with E-state index >= 15 is 0 Å². The molecule has 1 aliphatic heterocycles. The zero-order valence-corrected chi connectivity index (χ0v) is 38.4. The highest BCUT2D eigenvalue weighted by Crippen LogP contribution is 2.46. The Labute approximate surface area is 382 Å². The van der Waals surface area contributed by atoms with Gasteiger partial charge in [-0.15, -0.1) is 0 Å². The lowest BCUT2D eigenvalue weighted by Gasteiger charge is -2.32. The first-order chi connectivity index (χ1) is 31.1. The Hall–Kier alpha value is -6.13. The number of nitrogens with zero attached hydrogens (tertiary/aromatic N) is 7. The largest absolute Gasteiger partial charge is 0.501 e. The number of aliphatic carboxylic acids is 1. The summed E-state index contributed by atoms with van der Waals surface area (Å²) < 4.78 is 35.6. The quantitative estimate of drug-likeness (QED) is 0.0608. The van der Waals surface area contributed by atoms with Crippen molar-refractivity contribution in [2.75, 3.05) is 60.1 Å². The van der Waals surface area contributed by atoms with Crippen molar-refractivity contribution in [1.82, 2.24) is 34.1 Å². The summed E-state index contributed by atoms with van der Waals surface area (Å²) in [6.07, 6.45) is 7.47. The molecule has 7 rings (SSSR count). The van der Waals surface area contributed by atoms with E-state index in [0.29, 0.717) is 79.8 Å². The lowest BCUT2D eigenvalue weighted by Crippen LogP contribution is -2.45. The predicted molar refractivity (Wildman–Crippen MR) is 249 cm³/mol. The zero-order chi connectivity index (χ0) is 45.2. The molecule has 0 radical (unpaired) electrons. The summed E-state index contributed by atoms with van der Waals surface area (Å²) in [4.78, 5) is 36.3. The third-order valence-electron chi connectivity index (χ3n) is 10.9. The number of benzene rings is 2. The van der Waals surface area contributed by atoms with Gasteiger partial charge in [0.1, 0.15) is 30.5 Å². The van der Waals surface area contributed by atoms with Crippen molar-refractivity contribution in [1.29, 1.82) is 0 Å². The van der Waals surface area contributed by atoms with Crippen molar-refractivity contribution in [2.45, 2.75) is 46.8 Å². The third kappa shape index (κ3) is 10.8. The highest BCUT2D eigenvalue weighted by molar-refractivity contribution is 7.13. The van der Waals surface area contributed by atoms with Gasteiger partial charge in [0, 0.05) is 74.9 Å². The van der Waals surface area contributed by atoms with Crippen LogP contribution < -0.4 is 18.9 Å². The number of likely N-dealkylation sites (N-methyl/N-ethyl adjacent to an activating group) is 1. The Morgan fingerprint density at radius 3 is 2.56 bits per heavy atom. The third-order valence-corrected chi connectivity index (χ3v) is 12.2. The molecular formula is C48H52ClN7O7S. The van der Waals surface area contributed by atoms with Crippen LogP contribution >= 0.6 is 23.1 Å². The fourth-order valence-electron chi connectivity index (χ4n) is 7.37. The Morgan fingerprint density at radius 1 is 1.00 bits per heavy atom. The molecule has 0 unspecified atom stereocenters. The van der Waals surface area contributed by atoms with Crippen LogP contribution in [0.3, 0.4) is 0 Å². The van der Waals surface area contributed by atoms with Crippen LogP contribution in [0, 0.1) is 6.92 Å². The highest BCUT2D eigenvalue weighted by Gasteiger charge is 2.28. The summed E-state index contributed by atoms with van der Waals surface area (Å²) in [5, 5.41) is 11.7. The van der Waals surface area contributed by atoms with Gasteiger partial charge in [0.05, 0.1) is 45.8 Å². The predicted octanol–water partition coefficient (Wildman–Crippen LogP) is 8.80. The number of hydrogen-bond acceptors (Lipinski definition) is 14. The molecule has 2 aromatic carbocycles. The van der Waals surface area contributed by atoms with Crippen molar-refractivity contribution in [3.05, 3.63) is 119 Å². The van der Waals surface area contributed by atoms with E-state index in [1.54, 1.807) is 37.8 Å². The lowest BCUT2D eigenvalue weighted by molar-refractivity contribution is -0.145. The zero-order valence-electron chi connectivity index (χ0n) is 36.8. The maximum atomic E-state index is 13.1. The van der Waals surface area contributed by atoms with Crippen LogP contribution in [0.1, 0.15) is 43.4 Å². The summed E-state index contributed by atoms with van der Waals surface area (Å²) >= 11 is 8.29. The molecule has 1 saturated heterocycles. The second-order valence-corrected chi connectivity index (χ2v) is 16.3. The van der Waals surface area contributed by atoms with Crippen LogP contribution in [0.2, 0.25) is 5.02 Å². The Balaban J connectivity index is 1.20. The van der Waals surface area contributed by atoms with Crippen molar-refractivity contribution in [3.63, 3.8) is 0 Å². The van der Waals surface area contributed by atoms with Crippen LogP contribution in [-0.2, 0) is 22.6 Å². The molecule has 14 nitrogen and oxygen atoms in total. The van der Waals surface area contributed by atoms with Crippen LogP contribution in [0.4, 0.5) is 0 Å². The van der Waals surface area contributed by atoms with Gasteiger partial charge in [-0.2, -0.15) is 4.37 Å². The van der Waals surface area contributed by atoms with Gasteiger partial charge < -0.3 is 33.7 Å². The van der Waals surface area contributed by atoms with Gasteiger partial charge >= 0.3 is 5.97 Å². The van der Waals surface area contributed by atoms with Gasteiger partial charge in [0.15, 0.2) is 5.82 Å². The van der Waals surface area contributed by atoms with E-state index in [-0.39, 0.29) is 18.9 Å². The molecule has 0 amide bonds. The van der Waals surface area contributed by atoms with Gasteiger partial charge in [-0.3, -0.25) is 9.88 Å². The highest BCUT2D eigenvalue weighted by atomic mass is 35.5. The van der Waals surface area contributed by atoms with Gasteiger partial charge in [-0.05, 0) is 87.2 Å². The molecule has 1 aliphatic rings. The number of allylic oxidation sites excluding steroid dienone is 4. The SMILES string of the molecule is C/C=C\C(=C(/C)OC)c1nccc(COc2ccccc2C[C@@H](Oc2nsc3cnc(-c4ccnc(OCC)c4)c(-c4ccc(OCCN5CCN(C)CC5)c(Cl)c4C)c23)C(=O)O)n1. The minimum absolute atomic E-state index is 0.0267. The monoisotopic (exact) mass is 905 g/mol. The molecule has 0 saturated carbocycles. The normalized spacial score (nSPS) is 14.4. The molecule has 16 heteroatoms. The Kier molecular flexibility index (Phi) is 15.4. The van der Waals surface area contributed by atoms with Gasteiger partial charge in [0.25, 0.3) is 0 Å². The number of piperazine rings is 1. The molecule has 0 aliphatic carbocycles. The minimum Gasteiger partial charge on any atom is -0.501 e. The number of hydrogen-bond donors (Lipinski definition) is 1. The fraction of sp³-hybridized carbons (Fsp3) is 0.333. The van der Waals surface area contributed by atoms with Crippen molar-refractivity contribution in [3.8, 4) is 45.6 Å². The number of methoxy groups -OCH3 is 1. The van der Waals surface area contributed by atoms with Crippen molar-refractivity contribution >= 4 is 44.8 Å². The lowest BCUT2D eigenvalue weighted by atomic mass is 9.93. The number of carboxylic acids is 1. The van der Waals surface area contributed by atoms with Crippen LogP contribution in [-0.4, -0.2) is 111 Å². The number of ether oxygens (including phenoxy) is 5. The number of carbonyl (C=O) groups is 1. The van der Waals surface area contributed by atoms with E-state index < -0.39 is 12.1 Å². The summed E-state index contributed by atoms with van der Waals surface area (Å²) in [5.74, 6) is 1.66. The van der Waals surface area contributed by atoms with Gasteiger partial charge in [0.2, 0.25) is 17.9 Å². The first kappa shape index (κ1) is 45.9. The molecule has 1 fully saturated rings. The van der Waals surface area contributed by atoms with Crippen LogP contribution in [0.5, 0.6) is 23.3 Å². The second kappa shape index (κ2) is 21.5. The molecule has 1 atom stereocenters.